The van der Waals surface area contributed by atoms with E-state index in [1.54, 1.807) is 12.3 Å². The number of benzene rings is 2. The summed E-state index contributed by atoms with van der Waals surface area (Å²) in [6.45, 7) is 1.96. The molecule has 7 heteroatoms. The van der Waals surface area contributed by atoms with Gasteiger partial charge in [-0.3, -0.25) is 9.78 Å². The number of hydrogen-bond donors (Lipinski definition) is 2. The number of aromatic nitrogens is 3. The summed E-state index contributed by atoms with van der Waals surface area (Å²) in [6.07, 6.45) is 4.64. The van der Waals surface area contributed by atoms with Crippen LogP contribution in [-0.2, 0) is 0 Å². The molecule has 2 heterocycles. The normalized spacial score (nSPS) is 10.6. The Bertz CT molecular complexity index is 1160. The lowest BCUT2D eigenvalue weighted by Crippen LogP contribution is -2.13. The fourth-order valence-corrected chi connectivity index (χ4v) is 2.93. The first-order chi connectivity index (χ1) is 13.6. The SMILES string of the molecule is Cc1ccc(Cl)cc1Nc1ncc(C(=O)Nc2cccc3cccnc23)cn1. The van der Waals surface area contributed by atoms with E-state index in [1.807, 2.05) is 49.4 Å². The molecule has 0 spiro atoms. The lowest BCUT2D eigenvalue weighted by Gasteiger charge is -2.10. The maximum Gasteiger partial charge on any atom is 0.258 e. The molecule has 0 aliphatic rings. The van der Waals surface area contributed by atoms with Crippen LogP contribution >= 0.6 is 11.6 Å². The number of carbonyl (C=O) groups excluding carboxylic acids is 1. The van der Waals surface area contributed by atoms with Crippen molar-refractivity contribution in [2.75, 3.05) is 10.6 Å². The van der Waals surface area contributed by atoms with Crippen LogP contribution in [0.15, 0.2) is 67.1 Å². The van der Waals surface area contributed by atoms with Crippen molar-refractivity contribution in [2.45, 2.75) is 6.92 Å². The maximum absolute atomic E-state index is 12.6. The van der Waals surface area contributed by atoms with Gasteiger partial charge in [0.05, 0.1) is 16.8 Å². The number of aryl methyl sites for hydroxylation is 1. The molecule has 4 aromatic rings. The van der Waals surface area contributed by atoms with Gasteiger partial charge in [0, 0.05) is 34.7 Å². The summed E-state index contributed by atoms with van der Waals surface area (Å²) < 4.78 is 0. The number of nitrogens with zero attached hydrogens (tertiary/aromatic N) is 3. The summed E-state index contributed by atoms with van der Waals surface area (Å²) in [4.78, 5) is 25.4. The van der Waals surface area contributed by atoms with Gasteiger partial charge in [-0.2, -0.15) is 0 Å². The number of amides is 1. The lowest BCUT2D eigenvalue weighted by molar-refractivity contribution is 0.102. The molecule has 138 valence electrons. The first-order valence-electron chi connectivity index (χ1n) is 8.60. The molecule has 4 rings (SSSR count). The van der Waals surface area contributed by atoms with Crippen molar-refractivity contribution in [1.29, 1.82) is 0 Å². The van der Waals surface area contributed by atoms with Crippen molar-refractivity contribution in [3.05, 3.63) is 83.3 Å². The van der Waals surface area contributed by atoms with Crippen molar-refractivity contribution < 1.29 is 4.79 Å². The first kappa shape index (κ1) is 17.9. The van der Waals surface area contributed by atoms with Gasteiger partial charge < -0.3 is 10.6 Å². The van der Waals surface area contributed by atoms with Gasteiger partial charge in [-0.1, -0.05) is 35.9 Å². The Labute approximate surface area is 166 Å². The Kier molecular flexibility index (Phi) is 4.87. The quantitative estimate of drug-likeness (QED) is 0.514. The highest BCUT2D eigenvalue weighted by Crippen LogP contribution is 2.23. The number of para-hydroxylation sites is 1. The fourth-order valence-electron chi connectivity index (χ4n) is 2.76. The number of halogens is 1. The Hall–Kier alpha value is -3.51. The highest BCUT2D eigenvalue weighted by Gasteiger charge is 2.11. The average Bonchev–Trinajstić information content (AvgIpc) is 2.71. The Morgan fingerprint density at radius 3 is 2.57 bits per heavy atom. The minimum atomic E-state index is -0.302. The van der Waals surface area contributed by atoms with E-state index in [1.165, 1.54) is 12.4 Å². The molecule has 0 aliphatic carbocycles. The van der Waals surface area contributed by atoms with Crippen LogP contribution in [-0.4, -0.2) is 20.9 Å². The van der Waals surface area contributed by atoms with Crippen LogP contribution in [0.2, 0.25) is 5.02 Å². The Morgan fingerprint density at radius 2 is 1.75 bits per heavy atom. The van der Waals surface area contributed by atoms with E-state index in [4.69, 9.17) is 11.6 Å². The van der Waals surface area contributed by atoms with E-state index in [0.29, 0.717) is 22.2 Å². The molecule has 0 unspecified atom stereocenters. The monoisotopic (exact) mass is 389 g/mol. The van der Waals surface area contributed by atoms with Crippen molar-refractivity contribution >= 4 is 45.7 Å². The standard InChI is InChI=1S/C21H16ClN5O/c1-13-7-8-16(22)10-18(13)27-21-24-11-15(12-25-21)20(28)26-17-6-2-4-14-5-3-9-23-19(14)17/h2-12H,1H3,(H,26,28)(H,24,25,27). The second-order valence-corrected chi connectivity index (χ2v) is 6.65. The first-order valence-corrected chi connectivity index (χ1v) is 8.98. The number of nitrogens with one attached hydrogen (secondary N) is 2. The number of rotatable bonds is 4. The van der Waals surface area contributed by atoms with Crippen LogP contribution in [0.25, 0.3) is 10.9 Å². The van der Waals surface area contributed by atoms with Crippen molar-refractivity contribution in [2.24, 2.45) is 0 Å². The molecule has 0 bridgehead atoms. The lowest BCUT2D eigenvalue weighted by atomic mass is 10.2. The molecule has 0 saturated heterocycles. The van der Waals surface area contributed by atoms with Crippen molar-refractivity contribution in [3.8, 4) is 0 Å². The van der Waals surface area contributed by atoms with Gasteiger partial charge in [0.2, 0.25) is 5.95 Å². The van der Waals surface area contributed by atoms with Crippen LogP contribution in [0.5, 0.6) is 0 Å². The third kappa shape index (κ3) is 3.77. The fraction of sp³-hybridized carbons (Fsp3) is 0.0476. The summed E-state index contributed by atoms with van der Waals surface area (Å²) in [5.74, 6) is 0.0809. The number of carbonyl (C=O) groups is 1. The van der Waals surface area contributed by atoms with Crippen LogP contribution in [0.1, 0.15) is 15.9 Å². The number of fused-ring (bicyclic) bond motifs is 1. The molecule has 0 atom stereocenters. The third-order valence-electron chi connectivity index (χ3n) is 4.24. The van der Waals surface area contributed by atoms with E-state index < -0.39 is 0 Å². The maximum atomic E-state index is 12.6. The topological polar surface area (TPSA) is 79.8 Å². The van der Waals surface area contributed by atoms with Gasteiger partial charge in [-0.15, -0.1) is 0 Å². The van der Waals surface area contributed by atoms with Gasteiger partial charge in [0.15, 0.2) is 0 Å². The van der Waals surface area contributed by atoms with E-state index >= 15 is 0 Å². The van der Waals surface area contributed by atoms with Crippen LogP contribution in [0.4, 0.5) is 17.3 Å². The summed E-state index contributed by atoms with van der Waals surface area (Å²) in [6, 6.07) is 15.0. The van der Waals surface area contributed by atoms with Gasteiger partial charge in [0.25, 0.3) is 5.91 Å². The van der Waals surface area contributed by atoms with E-state index in [-0.39, 0.29) is 5.91 Å². The third-order valence-corrected chi connectivity index (χ3v) is 4.48. The molecule has 0 saturated carbocycles. The number of pyridine rings is 1. The zero-order valence-electron chi connectivity index (χ0n) is 15.0. The molecule has 0 aliphatic heterocycles. The van der Waals surface area contributed by atoms with Crippen LogP contribution < -0.4 is 10.6 Å². The van der Waals surface area contributed by atoms with Crippen LogP contribution in [0.3, 0.4) is 0 Å². The second-order valence-electron chi connectivity index (χ2n) is 6.21. The van der Waals surface area contributed by atoms with Crippen molar-refractivity contribution in [3.63, 3.8) is 0 Å². The molecule has 0 radical (unpaired) electrons. The zero-order valence-corrected chi connectivity index (χ0v) is 15.7. The predicted molar refractivity (Wildman–Crippen MR) is 111 cm³/mol. The summed E-state index contributed by atoms with van der Waals surface area (Å²) in [5.41, 5.74) is 3.54. The summed E-state index contributed by atoms with van der Waals surface area (Å²) >= 11 is 6.03. The summed E-state index contributed by atoms with van der Waals surface area (Å²) in [7, 11) is 0. The second kappa shape index (κ2) is 7.62. The minimum Gasteiger partial charge on any atom is -0.324 e. The van der Waals surface area contributed by atoms with Crippen molar-refractivity contribution in [1.82, 2.24) is 15.0 Å². The molecule has 0 fully saturated rings. The molecule has 2 aromatic carbocycles. The molecule has 6 nitrogen and oxygen atoms in total. The molecular weight excluding hydrogens is 374 g/mol. The highest BCUT2D eigenvalue weighted by molar-refractivity contribution is 6.30. The van der Waals surface area contributed by atoms with Gasteiger partial charge >= 0.3 is 0 Å². The molecular formula is C21H16ClN5O. The highest BCUT2D eigenvalue weighted by atomic mass is 35.5. The van der Waals surface area contributed by atoms with E-state index in [2.05, 4.69) is 25.6 Å². The van der Waals surface area contributed by atoms with Crippen LogP contribution in [0, 0.1) is 6.92 Å². The number of anilines is 3. The zero-order chi connectivity index (χ0) is 19.5. The molecule has 2 aromatic heterocycles. The largest absolute Gasteiger partial charge is 0.324 e. The molecule has 28 heavy (non-hydrogen) atoms. The molecule has 1 amide bonds. The van der Waals surface area contributed by atoms with E-state index in [0.717, 1.165) is 22.2 Å². The minimum absolute atomic E-state index is 0.302. The Morgan fingerprint density at radius 1 is 0.964 bits per heavy atom. The van der Waals surface area contributed by atoms with E-state index in [9.17, 15) is 4.79 Å². The smallest absolute Gasteiger partial charge is 0.258 e. The molecule has 2 N–H and O–H groups in total. The van der Waals surface area contributed by atoms with Gasteiger partial charge in [-0.25, -0.2) is 9.97 Å². The average molecular weight is 390 g/mol. The Balaban J connectivity index is 1.52. The predicted octanol–water partition coefficient (Wildman–Crippen LogP) is 4.98. The summed E-state index contributed by atoms with van der Waals surface area (Å²) in [5, 5.41) is 7.54. The van der Waals surface area contributed by atoms with Gasteiger partial charge in [-0.05, 0) is 36.8 Å². The number of hydrogen-bond acceptors (Lipinski definition) is 5. The van der Waals surface area contributed by atoms with Gasteiger partial charge in [0.1, 0.15) is 0 Å².